The third-order valence-electron chi connectivity index (χ3n) is 4.47. The van der Waals surface area contributed by atoms with Crippen LogP contribution in [0.1, 0.15) is 37.9 Å². The summed E-state index contributed by atoms with van der Waals surface area (Å²) in [5, 5.41) is 4.40. The van der Waals surface area contributed by atoms with Gasteiger partial charge in [-0.1, -0.05) is 25.1 Å². The SMILES string of the molecule is CCC(C)NC(=O)C1CCc2[nH]c3ccccc3c2C1. The first-order valence-corrected chi connectivity index (χ1v) is 7.58. The standard InChI is InChI=1S/C17H22N2O/c1-3-11(2)18-17(20)12-8-9-16-14(10-12)13-6-4-5-7-15(13)19-16/h4-7,11-12,19H,3,8-10H2,1-2H3,(H,18,20). The average Bonchev–Trinajstić information content (AvgIpc) is 2.84. The van der Waals surface area contributed by atoms with Crippen molar-refractivity contribution >= 4 is 16.8 Å². The van der Waals surface area contributed by atoms with Gasteiger partial charge < -0.3 is 10.3 Å². The summed E-state index contributed by atoms with van der Waals surface area (Å²) in [6.45, 7) is 4.17. The van der Waals surface area contributed by atoms with E-state index in [1.807, 2.05) is 0 Å². The molecule has 0 spiro atoms. The second kappa shape index (κ2) is 5.31. The third-order valence-corrected chi connectivity index (χ3v) is 4.47. The van der Waals surface area contributed by atoms with Gasteiger partial charge in [-0.2, -0.15) is 0 Å². The number of hydrogen-bond donors (Lipinski definition) is 2. The van der Waals surface area contributed by atoms with E-state index in [1.54, 1.807) is 0 Å². The molecule has 0 aliphatic heterocycles. The molecule has 2 atom stereocenters. The molecule has 3 rings (SSSR count). The Bertz CT molecular complexity index is 629. The van der Waals surface area contributed by atoms with E-state index < -0.39 is 0 Å². The molecule has 0 bridgehead atoms. The predicted molar refractivity (Wildman–Crippen MR) is 81.7 cm³/mol. The molecule has 1 aliphatic rings. The van der Waals surface area contributed by atoms with Crippen LogP contribution in [0.3, 0.4) is 0 Å². The number of para-hydroxylation sites is 1. The average molecular weight is 270 g/mol. The number of nitrogens with one attached hydrogen (secondary N) is 2. The number of rotatable bonds is 3. The van der Waals surface area contributed by atoms with Crippen molar-refractivity contribution in [2.24, 2.45) is 5.92 Å². The first-order valence-electron chi connectivity index (χ1n) is 7.58. The Labute approximate surface area is 119 Å². The van der Waals surface area contributed by atoms with E-state index in [9.17, 15) is 4.79 Å². The highest BCUT2D eigenvalue weighted by atomic mass is 16.1. The third kappa shape index (κ3) is 2.33. The molecule has 0 saturated carbocycles. The molecule has 1 heterocycles. The number of carbonyl (C=O) groups is 1. The van der Waals surface area contributed by atoms with Crippen LogP contribution in [0.5, 0.6) is 0 Å². The molecule has 1 aromatic heterocycles. The lowest BCUT2D eigenvalue weighted by Gasteiger charge is -2.23. The van der Waals surface area contributed by atoms with Crippen molar-refractivity contribution in [3.63, 3.8) is 0 Å². The zero-order chi connectivity index (χ0) is 14.1. The van der Waals surface area contributed by atoms with Gasteiger partial charge in [0.05, 0.1) is 0 Å². The number of aryl methyl sites for hydroxylation is 1. The van der Waals surface area contributed by atoms with E-state index in [0.29, 0.717) is 0 Å². The molecular formula is C17H22N2O. The minimum atomic E-state index is 0.121. The summed E-state index contributed by atoms with van der Waals surface area (Å²) in [6.07, 6.45) is 3.77. The summed E-state index contributed by atoms with van der Waals surface area (Å²) in [5.74, 6) is 0.339. The van der Waals surface area contributed by atoms with E-state index in [-0.39, 0.29) is 17.9 Å². The van der Waals surface area contributed by atoms with Crippen LogP contribution in [0.4, 0.5) is 0 Å². The highest BCUT2D eigenvalue weighted by Gasteiger charge is 2.27. The lowest BCUT2D eigenvalue weighted by molar-refractivity contribution is -0.125. The van der Waals surface area contributed by atoms with E-state index in [0.717, 1.165) is 25.7 Å². The molecule has 1 aliphatic carbocycles. The molecule has 2 aromatic rings. The summed E-state index contributed by atoms with van der Waals surface area (Å²) in [7, 11) is 0. The van der Waals surface area contributed by atoms with Crippen molar-refractivity contribution in [1.29, 1.82) is 0 Å². The summed E-state index contributed by atoms with van der Waals surface area (Å²) < 4.78 is 0. The van der Waals surface area contributed by atoms with Crippen molar-refractivity contribution in [1.82, 2.24) is 10.3 Å². The highest BCUT2D eigenvalue weighted by Crippen LogP contribution is 2.31. The van der Waals surface area contributed by atoms with E-state index in [4.69, 9.17) is 0 Å². The first kappa shape index (κ1) is 13.2. The van der Waals surface area contributed by atoms with Gasteiger partial charge >= 0.3 is 0 Å². The quantitative estimate of drug-likeness (QED) is 0.884. The minimum absolute atomic E-state index is 0.121. The van der Waals surface area contributed by atoms with Gasteiger partial charge in [0.1, 0.15) is 0 Å². The van der Waals surface area contributed by atoms with Gasteiger partial charge in [-0.3, -0.25) is 4.79 Å². The van der Waals surface area contributed by atoms with Crippen LogP contribution in [0.15, 0.2) is 24.3 Å². The molecule has 3 nitrogen and oxygen atoms in total. The van der Waals surface area contributed by atoms with Crippen LogP contribution in [-0.4, -0.2) is 16.9 Å². The normalized spacial score (nSPS) is 19.6. The van der Waals surface area contributed by atoms with Crippen LogP contribution < -0.4 is 5.32 Å². The second-order valence-electron chi connectivity index (χ2n) is 5.89. The maximum absolute atomic E-state index is 12.3. The predicted octanol–water partition coefficient (Wildman–Crippen LogP) is 3.19. The maximum atomic E-state index is 12.3. The second-order valence-corrected chi connectivity index (χ2v) is 5.89. The van der Waals surface area contributed by atoms with Gasteiger partial charge in [-0.25, -0.2) is 0 Å². The van der Waals surface area contributed by atoms with Crippen LogP contribution >= 0.6 is 0 Å². The molecule has 106 valence electrons. The zero-order valence-electron chi connectivity index (χ0n) is 12.2. The number of hydrogen-bond acceptors (Lipinski definition) is 1. The molecular weight excluding hydrogens is 248 g/mol. The Balaban J connectivity index is 1.82. The largest absolute Gasteiger partial charge is 0.358 e. The summed E-state index contributed by atoms with van der Waals surface area (Å²) >= 11 is 0. The molecule has 0 fully saturated rings. The fraction of sp³-hybridized carbons (Fsp3) is 0.471. The Kier molecular flexibility index (Phi) is 3.51. The number of aromatic amines is 1. The van der Waals surface area contributed by atoms with Crippen LogP contribution in [0.2, 0.25) is 0 Å². The zero-order valence-corrected chi connectivity index (χ0v) is 12.2. The Hall–Kier alpha value is -1.77. The van der Waals surface area contributed by atoms with Crippen LogP contribution in [-0.2, 0) is 17.6 Å². The number of amides is 1. The number of carbonyl (C=O) groups excluding carboxylic acids is 1. The van der Waals surface area contributed by atoms with E-state index >= 15 is 0 Å². The molecule has 2 unspecified atom stereocenters. The number of H-pyrrole nitrogens is 1. The lowest BCUT2D eigenvalue weighted by Crippen LogP contribution is -2.38. The van der Waals surface area contributed by atoms with Gasteiger partial charge in [0.15, 0.2) is 0 Å². The molecule has 0 saturated heterocycles. The molecule has 1 amide bonds. The van der Waals surface area contributed by atoms with Crippen molar-refractivity contribution in [2.75, 3.05) is 0 Å². The van der Waals surface area contributed by atoms with Gasteiger partial charge in [-0.15, -0.1) is 0 Å². The number of benzene rings is 1. The minimum Gasteiger partial charge on any atom is -0.358 e. The summed E-state index contributed by atoms with van der Waals surface area (Å²) in [6, 6.07) is 8.66. The Morgan fingerprint density at radius 3 is 3.05 bits per heavy atom. The monoisotopic (exact) mass is 270 g/mol. The van der Waals surface area contributed by atoms with Crippen molar-refractivity contribution in [3.8, 4) is 0 Å². The summed E-state index contributed by atoms with van der Waals surface area (Å²) in [4.78, 5) is 15.8. The van der Waals surface area contributed by atoms with Crippen molar-refractivity contribution < 1.29 is 4.79 Å². The molecule has 3 heteroatoms. The van der Waals surface area contributed by atoms with Gasteiger partial charge in [-0.05, 0) is 44.2 Å². The lowest BCUT2D eigenvalue weighted by atomic mass is 9.85. The fourth-order valence-electron chi connectivity index (χ4n) is 3.06. The molecule has 2 N–H and O–H groups in total. The maximum Gasteiger partial charge on any atom is 0.223 e. The smallest absolute Gasteiger partial charge is 0.223 e. The molecule has 20 heavy (non-hydrogen) atoms. The molecule has 0 radical (unpaired) electrons. The first-order chi connectivity index (χ1) is 9.69. The van der Waals surface area contributed by atoms with E-state index in [1.165, 1.54) is 22.2 Å². The van der Waals surface area contributed by atoms with Crippen LogP contribution in [0.25, 0.3) is 10.9 Å². The van der Waals surface area contributed by atoms with Crippen molar-refractivity contribution in [2.45, 2.75) is 45.6 Å². The number of fused-ring (bicyclic) bond motifs is 3. The van der Waals surface area contributed by atoms with Gasteiger partial charge in [0.2, 0.25) is 5.91 Å². The molecule has 1 aromatic carbocycles. The topological polar surface area (TPSA) is 44.9 Å². The fourth-order valence-corrected chi connectivity index (χ4v) is 3.06. The van der Waals surface area contributed by atoms with E-state index in [2.05, 4.69) is 48.4 Å². The Morgan fingerprint density at radius 1 is 1.45 bits per heavy atom. The van der Waals surface area contributed by atoms with Crippen LogP contribution in [0, 0.1) is 5.92 Å². The van der Waals surface area contributed by atoms with Gasteiger partial charge in [0.25, 0.3) is 0 Å². The number of aromatic nitrogens is 1. The summed E-state index contributed by atoms with van der Waals surface area (Å²) in [5.41, 5.74) is 3.86. The van der Waals surface area contributed by atoms with Gasteiger partial charge in [0, 0.05) is 28.6 Å². The van der Waals surface area contributed by atoms with Crippen molar-refractivity contribution in [3.05, 3.63) is 35.5 Å². The highest BCUT2D eigenvalue weighted by molar-refractivity contribution is 5.87. The Morgan fingerprint density at radius 2 is 2.25 bits per heavy atom.